The van der Waals surface area contributed by atoms with Crippen LogP contribution in [0.25, 0.3) is 33.2 Å². The van der Waals surface area contributed by atoms with E-state index in [0.717, 1.165) is 17.8 Å². The van der Waals surface area contributed by atoms with Crippen LogP contribution in [0.3, 0.4) is 0 Å². The highest BCUT2D eigenvalue weighted by atomic mass is 15.2. The molecule has 2 aliphatic carbocycles. The van der Waals surface area contributed by atoms with Crippen molar-refractivity contribution >= 4 is 44.8 Å². The molecule has 0 saturated carbocycles. The average molecular weight is 696 g/mol. The van der Waals surface area contributed by atoms with Gasteiger partial charge in [-0.25, -0.2) is 0 Å². The minimum atomic E-state index is 0.161. The van der Waals surface area contributed by atoms with E-state index in [-0.39, 0.29) is 17.9 Å². The molecule has 3 unspecified atom stereocenters. The third kappa shape index (κ3) is 5.19. The quantitative estimate of drug-likeness (QED) is 0.195. The predicted molar refractivity (Wildman–Crippen MR) is 228 cm³/mol. The van der Waals surface area contributed by atoms with Crippen LogP contribution in [0.2, 0.25) is 0 Å². The lowest BCUT2D eigenvalue weighted by Crippen LogP contribution is -2.33. The van der Waals surface area contributed by atoms with E-state index in [9.17, 15) is 0 Å². The van der Waals surface area contributed by atoms with E-state index in [0.29, 0.717) is 0 Å². The SMILES string of the molecule is C/C=C\C1=C(N)C=CC(c2cccc(-c3cccc(N4c5ccccc5C5=C(c6ccccc64)N(c4cccc6ccccc46)C4C=CC=CC54)c3)c2)C1. The van der Waals surface area contributed by atoms with Gasteiger partial charge in [0.05, 0.1) is 23.1 Å². The summed E-state index contributed by atoms with van der Waals surface area (Å²) in [4.78, 5) is 5.10. The summed E-state index contributed by atoms with van der Waals surface area (Å²) in [6.45, 7) is 2.05. The van der Waals surface area contributed by atoms with Crippen molar-refractivity contribution in [2.45, 2.75) is 25.3 Å². The topological polar surface area (TPSA) is 32.5 Å². The van der Waals surface area contributed by atoms with Crippen molar-refractivity contribution in [3.05, 3.63) is 216 Å². The second kappa shape index (κ2) is 13.1. The zero-order valence-corrected chi connectivity index (χ0v) is 30.3. The normalized spacial score (nSPS) is 20.0. The van der Waals surface area contributed by atoms with Crippen LogP contribution in [-0.4, -0.2) is 6.04 Å². The number of nitrogens with zero attached hydrogens (tertiary/aromatic N) is 2. The zero-order chi connectivity index (χ0) is 36.2. The molecular formula is C51H41N3. The van der Waals surface area contributed by atoms with Gasteiger partial charge in [0, 0.05) is 45.4 Å². The van der Waals surface area contributed by atoms with Crippen LogP contribution >= 0.6 is 0 Å². The molecule has 3 atom stereocenters. The Hall–Kier alpha value is -6.58. The molecule has 260 valence electrons. The molecule has 4 aliphatic rings. The number of para-hydroxylation sites is 2. The van der Waals surface area contributed by atoms with E-state index in [4.69, 9.17) is 5.73 Å². The van der Waals surface area contributed by atoms with Crippen LogP contribution < -0.4 is 15.5 Å². The van der Waals surface area contributed by atoms with Crippen molar-refractivity contribution in [2.75, 3.05) is 9.80 Å². The predicted octanol–water partition coefficient (Wildman–Crippen LogP) is 12.6. The monoisotopic (exact) mass is 695 g/mol. The summed E-state index contributed by atoms with van der Waals surface area (Å²) >= 11 is 0. The molecule has 2 heterocycles. The van der Waals surface area contributed by atoms with Crippen molar-refractivity contribution < 1.29 is 0 Å². The minimum Gasteiger partial charge on any atom is -0.399 e. The minimum absolute atomic E-state index is 0.161. The summed E-state index contributed by atoms with van der Waals surface area (Å²) in [7, 11) is 0. The Morgan fingerprint density at radius 1 is 0.648 bits per heavy atom. The third-order valence-electron chi connectivity index (χ3n) is 11.5. The van der Waals surface area contributed by atoms with Crippen molar-refractivity contribution in [1.29, 1.82) is 0 Å². The summed E-state index contributed by atoms with van der Waals surface area (Å²) in [5.41, 5.74) is 22.0. The molecule has 0 spiro atoms. The van der Waals surface area contributed by atoms with Gasteiger partial charge in [0.1, 0.15) is 0 Å². The molecule has 0 amide bonds. The van der Waals surface area contributed by atoms with Crippen LogP contribution in [0, 0.1) is 5.92 Å². The first kappa shape index (κ1) is 32.1. The summed E-state index contributed by atoms with van der Waals surface area (Å²) < 4.78 is 0. The Morgan fingerprint density at radius 2 is 1.33 bits per heavy atom. The number of hydrogen-bond acceptors (Lipinski definition) is 3. The second-order valence-electron chi connectivity index (χ2n) is 14.6. The van der Waals surface area contributed by atoms with E-state index in [2.05, 4.69) is 198 Å². The molecule has 54 heavy (non-hydrogen) atoms. The second-order valence-corrected chi connectivity index (χ2v) is 14.6. The lowest BCUT2D eigenvalue weighted by atomic mass is 9.85. The maximum Gasteiger partial charge on any atom is 0.0630 e. The van der Waals surface area contributed by atoms with Crippen LogP contribution in [-0.2, 0) is 0 Å². The van der Waals surface area contributed by atoms with Crippen molar-refractivity contribution in [2.24, 2.45) is 11.7 Å². The highest BCUT2D eigenvalue weighted by molar-refractivity contribution is 6.13. The Labute approximate surface area is 317 Å². The van der Waals surface area contributed by atoms with E-state index in [1.165, 1.54) is 72.5 Å². The fourth-order valence-electron chi connectivity index (χ4n) is 9.12. The van der Waals surface area contributed by atoms with E-state index in [1.54, 1.807) is 0 Å². The van der Waals surface area contributed by atoms with Gasteiger partial charge in [0.2, 0.25) is 0 Å². The molecule has 10 rings (SSSR count). The van der Waals surface area contributed by atoms with E-state index < -0.39 is 0 Å². The van der Waals surface area contributed by atoms with Gasteiger partial charge in [0.15, 0.2) is 0 Å². The Morgan fingerprint density at radius 3 is 2.20 bits per heavy atom. The van der Waals surface area contributed by atoms with Crippen LogP contribution in [0.5, 0.6) is 0 Å². The number of allylic oxidation sites excluding steroid dienone is 7. The van der Waals surface area contributed by atoms with E-state index >= 15 is 0 Å². The summed E-state index contributed by atoms with van der Waals surface area (Å²) in [5, 5.41) is 2.51. The van der Waals surface area contributed by atoms with Crippen molar-refractivity contribution in [3.8, 4) is 11.1 Å². The van der Waals surface area contributed by atoms with Gasteiger partial charge >= 0.3 is 0 Å². The largest absolute Gasteiger partial charge is 0.399 e. The van der Waals surface area contributed by atoms with Gasteiger partial charge in [0.25, 0.3) is 0 Å². The van der Waals surface area contributed by atoms with Gasteiger partial charge in [-0.05, 0) is 83.0 Å². The lowest BCUT2D eigenvalue weighted by molar-refractivity contribution is 0.716. The maximum atomic E-state index is 6.34. The Kier molecular flexibility index (Phi) is 7.80. The number of nitrogens with two attached hydrogens (primary N) is 1. The molecule has 3 heteroatoms. The van der Waals surface area contributed by atoms with Gasteiger partial charge < -0.3 is 15.5 Å². The van der Waals surface area contributed by atoms with Gasteiger partial charge in [-0.2, -0.15) is 0 Å². The number of benzene rings is 6. The first-order valence-electron chi connectivity index (χ1n) is 19.0. The molecule has 6 aromatic carbocycles. The molecule has 2 N–H and O–H groups in total. The van der Waals surface area contributed by atoms with Gasteiger partial charge in [-0.1, -0.05) is 152 Å². The summed E-state index contributed by atoms with van der Waals surface area (Å²) in [6, 6.07) is 51.7. The number of rotatable bonds is 5. The first-order valence-corrected chi connectivity index (χ1v) is 19.0. The number of fused-ring (bicyclic) bond motifs is 7. The Balaban J connectivity index is 1.12. The molecule has 0 bridgehead atoms. The van der Waals surface area contributed by atoms with Crippen molar-refractivity contribution in [1.82, 2.24) is 0 Å². The van der Waals surface area contributed by atoms with Gasteiger partial charge in [-0.15, -0.1) is 0 Å². The van der Waals surface area contributed by atoms with Crippen LogP contribution in [0.4, 0.5) is 22.7 Å². The smallest absolute Gasteiger partial charge is 0.0630 e. The standard InChI is InChI=1S/C51H41N3/c1-2-14-39-32-38(29-30-45(39)52)36-18-11-17-35(31-36)37-19-12-20-40(33-37)53-47-25-8-5-22-42(47)50-43-23-6-9-26-48(43)54(51(50)44-24-7-10-27-49(44)53)46-28-13-16-34-15-3-4-21-41(34)46/h2-31,33,38,43,48H,32,52H2,1H3/b14-2-. The molecule has 3 nitrogen and oxygen atoms in total. The molecule has 0 saturated heterocycles. The van der Waals surface area contributed by atoms with Crippen LogP contribution in [0.15, 0.2) is 199 Å². The maximum absolute atomic E-state index is 6.34. The average Bonchev–Trinajstić information content (AvgIpc) is 3.50. The summed E-state index contributed by atoms with van der Waals surface area (Å²) in [6.07, 6.45) is 18.7. The molecule has 6 aromatic rings. The van der Waals surface area contributed by atoms with Crippen molar-refractivity contribution in [3.63, 3.8) is 0 Å². The van der Waals surface area contributed by atoms with Gasteiger partial charge in [-0.3, -0.25) is 0 Å². The zero-order valence-electron chi connectivity index (χ0n) is 30.3. The molecule has 0 radical (unpaired) electrons. The summed E-state index contributed by atoms with van der Waals surface area (Å²) in [5.74, 6) is 0.473. The Bertz CT molecular complexity index is 2640. The molecule has 2 aliphatic heterocycles. The first-order chi connectivity index (χ1) is 26.7. The highest BCUT2D eigenvalue weighted by Gasteiger charge is 2.44. The van der Waals surface area contributed by atoms with E-state index in [1.807, 2.05) is 6.92 Å². The molecule has 0 aromatic heterocycles. The fraction of sp³-hybridized carbons (Fsp3) is 0.0980. The third-order valence-corrected chi connectivity index (χ3v) is 11.5. The number of hydrogen-bond donors (Lipinski definition) is 1. The highest BCUT2D eigenvalue weighted by Crippen LogP contribution is 2.57. The molecule has 0 fully saturated rings. The lowest BCUT2D eigenvalue weighted by Gasteiger charge is -2.34. The van der Waals surface area contributed by atoms with Crippen LogP contribution in [0.1, 0.15) is 36.0 Å². The number of anilines is 4. The fourth-order valence-corrected chi connectivity index (χ4v) is 9.12. The molecular weight excluding hydrogens is 655 g/mol.